The molecule has 0 saturated heterocycles. The SMILES string of the molecule is CN(c1cccc(C(=O)NCCOc2ccc3ccccc3c2)c1)S(C)(=O)=O. The summed E-state index contributed by atoms with van der Waals surface area (Å²) in [6.45, 7) is 0.658. The Balaban J connectivity index is 1.55. The number of hydrogen-bond donors (Lipinski definition) is 1. The number of fused-ring (bicyclic) bond motifs is 1. The molecule has 0 unspecified atom stereocenters. The van der Waals surface area contributed by atoms with Crippen molar-refractivity contribution in [2.75, 3.05) is 30.8 Å². The van der Waals surface area contributed by atoms with Crippen LogP contribution in [0.25, 0.3) is 10.8 Å². The highest BCUT2D eigenvalue weighted by Crippen LogP contribution is 2.20. The molecule has 0 radical (unpaired) electrons. The van der Waals surface area contributed by atoms with E-state index in [2.05, 4.69) is 5.32 Å². The van der Waals surface area contributed by atoms with Crippen molar-refractivity contribution in [3.8, 4) is 5.75 Å². The fourth-order valence-electron chi connectivity index (χ4n) is 2.73. The van der Waals surface area contributed by atoms with Crippen molar-refractivity contribution < 1.29 is 17.9 Å². The van der Waals surface area contributed by atoms with Crippen LogP contribution >= 0.6 is 0 Å². The van der Waals surface area contributed by atoms with Crippen molar-refractivity contribution in [1.29, 1.82) is 0 Å². The van der Waals surface area contributed by atoms with E-state index in [1.807, 2.05) is 42.5 Å². The molecule has 1 amide bonds. The van der Waals surface area contributed by atoms with Crippen LogP contribution in [0.4, 0.5) is 5.69 Å². The number of sulfonamides is 1. The first-order chi connectivity index (χ1) is 13.3. The van der Waals surface area contributed by atoms with Gasteiger partial charge >= 0.3 is 0 Å². The summed E-state index contributed by atoms with van der Waals surface area (Å²) in [5.41, 5.74) is 0.821. The second-order valence-electron chi connectivity index (χ2n) is 6.39. The Labute approximate surface area is 164 Å². The predicted octanol–water partition coefficient (Wildman–Crippen LogP) is 3.04. The Bertz CT molecular complexity index is 1100. The number of carbonyl (C=O) groups is 1. The number of benzene rings is 3. The van der Waals surface area contributed by atoms with Gasteiger partial charge in [-0.2, -0.15) is 0 Å². The van der Waals surface area contributed by atoms with Crippen LogP contribution in [0.1, 0.15) is 10.4 Å². The molecular weight excluding hydrogens is 376 g/mol. The zero-order valence-corrected chi connectivity index (χ0v) is 16.6. The number of carbonyl (C=O) groups excluding carboxylic acids is 1. The van der Waals surface area contributed by atoms with E-state index in [1.165, 1.54) is 7.05 Å². The number of anilines is 1. The normalized spacial score (nSPS) is 11.2. The molecule has 0 aliphatic rings. The summed E-state index contributed by atoms with van der Waals surface area (Å²) in [6.07, 6.45) is 1.11. The van der Waals surface area contributed by atoms with Crippen molar-refractivity contribution in [3.63, 3.8) is 0 Å². The third kappa shape index (κ3) is 4.80. The summed E-state index contributed by atoms with van der Waals surface area (Å²) in [5, 5.41) is 5.01. The van der Waals surface area contributed by atoms with Crippen molar-refractivity contribution in [1.82, 2.24) is 5.32 Å². The number of amides is 1. The van der Waals surface area contributed by atoms with Crippen LogP contribution in [0.3, 0.4) is 0 Å². The minimum absolute atomic E-state index is 0.286. The molecule has 6 nitrogen and oxygen atoms in total. The van der Waals surface area contributed by atoms with Crippen molar-refractivity contribution in [3.05, 3.63) is 72.3 Å². The largest absolute Gasteiger partial charge is 0.492 e. The molecule has 7 heteroatoms. The zero-order chi connectivity index (χ0) is 20.1. The van der Waals surface area contributed by atoms with Gasteiger partial charge in [0, 0.05) is 12.6 Å². The Hall–Kier alpha value is -3.06. The maximum atomic E-state index is 12.3. The van der Waals surface area contributed by atoms with Gasteiger partial charge in [0.05, 0.1) is 18.5 Å². The van der Waals surface area contributed by atoms with E-state index in [4.69, 9.17) is 4.74 Å². The maximum absolute atomic E-state index is 12.3. The number of ether oxygens (including phenoxy) is 1. The molecule has 3 aromatic rings. The van der Waals surface area contributed by atoms with Gasteiger partial charge in [-0.1, -0.05) is 36.4 Å². The fraction of sp³-hybridized carbons (Fsp3) is 0.190. The second-order valence-corrected chi connectivity index (χ2v) is 8.41. The quantitative estimate of drug-likeness (QED) is 0.621. The summed E-state index contributed by atoms with van der Waals surface area (Å²) in [4.78, 5) is 12.3. The number of hydrogen-bond acceptors (Lipinski definition) is 4. The second kappa shape index (κ2) is 8.31. The molecule has 0 heterocycles. The minimum atomic E-state index is -3.38. The molecule has 0 aliphatic heterocycles. The van der Waals surface area contributed by atoms with E-state index in [-0.39, 0.29) is 5.91 Å². The molecule has 0 saturated carbocycles. The van der Waals surface area contributed by atoms with Gasteiger partial charge in [0.25, 0.3) is 5.91 Å². The summed E-state index contributed by atoms with van der Waals surface area (Å²) in [6, 6.07) is 20.3. The lowest BCUT2D eigenvalue weighted by Crippen LogP contribution is -2.29. The van der Waals surface area contributed by atoms with E-state index in [0.717, 1.165) is 27.1 Å². The summed E-state index contributed by atoms with van der Waals surface area (Å²) >= 11 is 0. The molecule has 3 rings (SSSR count). The standard InChI is InChI=1S/C21H22N2O4S/c1-23(28(2,25)26)19-9-5-8-18(14-19)21(24)22-12-13-27-20-11-10-16-6-3-4-7-17(16)15-20/h3-11,14-15H,12-13H2,1-2H3,(H,22,24). The van der Waals surface area contributed by atoms with Gasteiger partial charge in [0.15, 0.2) is 0 Å². The summed E-state index contributed by atoms with van der Waals surface area (Å²) in [7, 11) is -1.94. The van der Waals surface area contributed by atoms with E-state index >= 15 is 0 Å². The van der Waals surface area contributed by atoms with Gasteiger partial charge in [0.1, 0.15) is 12.4 Å². The topological polar surface area (TPSA) is 75.7 Å². The average molecular weight is 398 g/mol. The molecule has 146 valence electrons. The van der Waals surface area contributed by atoms with Crippen LogP contribution in [0, 0.1) is 0 Å². The first kappa shape index (κ1) is 19.7. The molecule has 1 N–H and O–H groups in total. The molecule has 0 fully saturated rings. The Morgan fingerprint density at radius 3 is 2.50 bits per heavy atom. The van der Waals surface area contributed by atoms with E-state index in [0.29, 0.717) is 24.4 Å². The van der Waals surface area contributed by atoms with Crippen LogP contribution in [-0.2, 0) is 10.0 Å². The molecule has 0 aromatic heterocycles. The number of nitrogens with zero attached hydrogens (tertiary/aromatic N) is 1. The first-order valence-corrected chi connectivity index (χ1v) is 10.6. The summed E-state index contributed by atoms with van der Waals surface area (Å²) in [5.74, 6) is 0.454. The first-order valence-electron chi connectivity index (χ1n) is 8.78. The van der Waals surface area contributed by atoms with Gasteiger partial charge in [-0.05, 0) is 41.1 Å². The number of nitrogens with one attached hydrogen (secondary N) is 1. The molecule has 28 heavy (non-hydrogen) atoms. The molecule has 0 aliphatic carbocycles. The van der Waals surface area contributed by atoms with E-state index in [9.17, 15) is 13.2 Å². The maximum Gasteiger partial charge on any atom is 0.251 e. The lowest BCUT2D eigenvalue weighted by atomic mass is 10.1. The van der Waals surface area contributed by atoms with Crippen molar-refractivity contribution >= 4 is 32.4 Å². The van der Waals surface area contributed by atoms with Gasteiger partial charge in [-0.15, -0.1) is 0 Å². The molecule has 3 aromatic carbocycles. The Morgan fingerprint density at radius 1 is 1.00 bits per heavy atom. The van der Waals surface area contributed by atoms with Crippen LogP contribution in [0.2, 0.25) is 0 Å². The Morgan fingerprint density at radius 2 is 1.75 bits per heavy atom. The third-order valence-corrected chi connectivity index (χ3v) is 5.55. The highest BCUT2D eigenvalue weighted by molar-refractivity contribution is 7.92. The monoisotopic (exact) mass is 398 g/mol. The van der Waals surface area contributed by atoms with E-state index < -0.39 is 10.0 Å². The molecule has 0 bridgehead atoms. The predicted molar refractivity (Wildman–Crippen MR) is 111 cm³/mol. The van der Waals surface area contributed by atoms with Crippen molar-refractivity contribution in [2.24, 2.45) is 0 Å². The third-order valence-electron chi connectivity index (χ3n) is 4.35. The molecule has 0 spiro atoms. The van der Waals surface area contributed by atoms with Gasteiger partial charge < -0.3 is 10.1 Å². The highest BCUT2D eigenvalue weighted by Gasteiger charge is 2.14. The molecular formula is C21H22N2O4S. The fourth-order valence-corrected chi connectivity index (χ4v) is 3.22. The van der Waals surface area contributed by atoms with Gasteiger partial charge in [0.2, 0.25) is 10.0 Å². The lowest BCUT2D eigenvalue weighted by Gasteiger charge is -2.17. The van der Waals surface area contributed by atoms with Crippen LogP contribution in [0.15, 0.2) is 66.7 Å². The smallest absolute Gasteiger partial charge is 0.251 e. The number of rotatable bonds is 7. The highest BCUT2D eigenvalue weighted by atomic mass is 32.2. The Kier molecular flexibility index (Phi) is 5.84. The van der Waals surface area contributed by atoms with Gasteiger partial charge in [-0.25, -0.2) is 8.42 Å². The zero-order valence-electron chi connectivity index (χ0n) is 15.8. The average Bonchev–Trinajstić information content (AvgIpc) is 2.69. The van der Waals surface area contributed by atoms with E-state index in [1.54, 1.807) is 24.3 Å². The minimum Gasteiger partial charge on any atom is -0.492 e. The van der Waals surface area contributed by atoms with Crippen LogP contribution in [0.5, 0.6) is 5.75 Å². The molecule has 0 atom stereocenters. The van der Waals surface area contributed by atoms with Crippen LogP contribution < -0.4 is 14.4 Å². The lowest BCUT2D eigenvalue weighted by molar-refractivity contribution is 0.0947. The van der Waals surface area contributed by atoms with Crippen LogP contribution in [-0.4, -0.2) is 40.8 Å². The summed E-state index contributed by atoms with van der Waals surface area (Å²) < 4.78 is 30.1. The van der Waals surface area contributed by atoms with Gasteiger partial charge in [-0.3, -0.25) is 9.10 Å². The van der Waals surface area contributed by atoms with Crippen molar-refractivity contribution in [2.45, 2.75) is 0 Å².